The van der Waals surface area contributed by atoms with Gasteiger partial charge in [0.15, 0.2) is 0 Å². The highest BCUT2D eigenvalue weighted by Gasteiger charge is 2.24. The van der Waals surface area contributed by atoms with E-state index in [1.165, 1.54) is 0 Å². The van der Waals surface area contributed by atoms with E-state index in [0.29, 0.717) is 13.2 Å². The highest BCUT2D eigenvalue weighted by atomic mass is 16.5. The monoisotopic (exact) mass is 291 g/mol. The van der Waals surface area contributed by atoms with E-state index in [9.17, 15) is 9.59 Å². The van der Waals surface area contributed by atoms with Gasteiger partial charge in [-0.1, -0.05) is 44.2 Å². The molecule has 1 aromatic rings. The Morgan fingerprint density at radius 1 is 1.14 bits per heavy atom. The second kappa shape index (κ2) is 8.45. The Bertz CT molecular complexity index is 456. The molecule has 1 atom stereocenters. The van der Waals surface area contributed by atoms with E-state index in [1.54, 1.807) is 11.8 Å². The largest absolute Gasteiger partial charge is 0.466 e. The Labute approximate surface area is 127 Å². The minimum absolute atomic E-state index is 0.0515. The Morgan fingerprint density at radius 2 is 1.76 bits per heavy atom. The fourth-order valence-corrected chi connectivity index (χ4v) is 2.18. The van der Waals surface area contributed by atoms with Crippen molar-refractivity contribution in [2.45, 2.75) is 40.2 Å². The zero-order chi connectivity index (χ0) is 15.8. The van der Waals surface area contributed by atoms with Gasteiger partial charge in [-0.05, 0) is 19.4 Å². The number of hydrogen-bond acceptors (Lipinski definition) is 3. The smallest absolute Gasteiger partial charge is 0.307 e. The lowest BCUT2D eigenvalue weighted by Crippen LogP contribution is -2.38. The molecule has 0 aliphatic heterocycles. The molecule has 0 N–H and O–H groups in total. The molecule has 0 aliphatic rings. The topological polar surface area (TPSA) is 46.6 Å². The van der Waals surface area contributed by atoms with Crippen molar-refractivity contribution in [3.63, 3.8) is 0 Å². The van der Waals surface area contributed by atoms with Gasteiger partial charge in [0.05, 0.1) is 19.1 Å². The summed E-state index contributed by atoms with van der Waals surface area (Å²) < 4.78 is 4.94. The zero-order valence-electron chi connectivity index (χ0n) is 13.3. The first-order valence-corrected chi connectivity index (χ1v) is 7.48. The molecule has 0 bridgehead atoms. The highest BCUT2D eigenvalue weighted by molar-refractivity contribution is 5.79. The van der Waals surface area contributed by atoms with Gasteiger partial charge in [-0.2, -0.15) is 0 Å². The van der Waals surface area contributed by atoms with Crippen LogP contribution < -0.4 is 0 Å². The summed E-state index contributed by atoms with van der Waals surface area (Å²) in [6.07, 6.45) is 0.226. The van der Waals surface area contributed by atoms with Gasteiger partial charge in [0.25, 0.3) is 0 Å². The van der Waals surface area contributed by atoms with Crippen LogP contribution in [0.15, 0.2) is 30.3 Å². The molecule has 0 heterocycles. The first-order valence-electron chi connectivity index (χ1n) is 7.48. The Hall–Kier alpha value is -1.84. The van der Waals surface area contributed by atoms with E-state index in [0.717, 1.165) is 5.56 Å². The van der Waals surface area contributed by atoms with E-state index in [1.807, 2.05) is 51.1 Å². The second-order valence-corrected chi connectivity index (χ2v) is 5.33. The molecular weight excluding hydrogens is 266 g/mol. The van der Waals surface area contributed by atoms with Gasteiger partial charge in [-0.15, -0.1) is 0 Å². The molecule has 1 aromatic carbocycles. The van der Waals surface area contributed by atoms with Crippen LogP contribution in [-0.2, 0) is 14.3 Å². The lowest BCUT2D eigenvalue weighted by molar-refractivity contribution is -0.145. The minimum atomic E-state index is -0.265. The van der Waals surface area contributed by atoms with Gasteiger partial charge in [-0.3, -0.25) is 9.59 Å². The van der Waals surface area contributed by atoms with Crippen molar-refractivity contribution in [1.29, 1.82) is 0 Å². The molecule has 21 heavy (non-hydrogen) atoms. The van der Waals surface area contributed by atoms with Crippen molar-refractivity contribution in [2.24, 2.45) is 5.92 Å². The van der Waals surface area contributed by atoms with Crippen molar-refractivity contribution in [1.82, 2.24) is 4.90 Å². The first-order chi connectivity index (χ1) is 9.97. The quantitative estimate of drug-likeness (QED) is 0.725. The number of rotatable bonds is 7. The molecule has 1 rings (SSSR count). The van der Waals surface area contributed by atoms with Crippen LogP contribution in [-0.4, -0.2) is 29.9 Å². The van der Waals surface area contributed by atoms with Crippen molar-refractivity contribution in [3.05, 3.63) is 35.9 Å². The lowest BCUT2D eigenvalue weighted by atomic mass is 10.0. The molecule has 0 aromatic heterocycles. The number of benzene rings is 1. The summed E-state index contributed by atoms with van der Waals surface area (Å²) in [5.41, 5.74) is 1.07. The van der Waals surface area contributed by atoms with E-state index >= 15 is 0 Å². The van der Waals surface area contributed by atoms with Crippen LogP contribution in [0.3, 0.4) is 0 Å². The van der Waals surface area contributed by atoms with Crippen LogP contribution in [0.25, 0.3) is 0 Å². The standard InChI is InChI=1S/C17H25NO3/c1-5-21-16(19)11-12-18(17(20)13(2)3)14(4)15-9-7-6-8-10-15/h6-10,13-14H,5,11-12H2,1-4H3. The van der Waals surface area contributed by atoms with Crippen LogP contribution in [0, 0.1) is 5.92 Å². The van der Waals surface area contributed by atoms with Gasteiger partial charge in [0, 0.05) is 12.5 Å². The lowest BCUT2D eigenvalue weighted by Gasteiger charge is -2.31. The van der Waals surface area contributed by atoms with Gasteiger partial charge >= 0.3 is 5.97 Å². The number of esters is 1. The van der Waals surface area contributed by atoms with E-state index < -0.39 is 0 Å². The summed E-state index contributed by atoms with van der Waals surface area (Å²) in [5, 5.41) is 0. The molecule has 0 saturated carbocycles. The number of ether oxygens (including phenoxy) is 1. The fraction of sp³-hybridized carbons (Fsp3) is 0.529. The van der Waals surface area contributed by atoms with Crippen molar-refractivity contribution >= 4 is 11.9 Å². The maximum Gasteiger partial charge on any atom is 0.307 e. The summed E-state index contributed by atoms with van der Waals surface area (Å²) in [5.74, 6) is -0.312. The third-order valence-corrected chi connectivity index (χ3v) is 3.39. The number of carbonyl (C=O) groups is 2. The molecule has 0 spiro atoms. The van der Waals surface area contributed by atoms with Crippen molar-refractivity contribution < 1.29 is 14.3 Å². The molecule has 0 aliphatic carbocycles. The van der Waals surface area contributed by atoms with Crippen LogP contribution in [0.2, 0.25) is 0 Å². The summed E-state index contributed by atoms with van der Waals surface area (Å²) in [6.45, 7) is 8.26. The molecule has 0 fully saturated rings. The third-order valence-electron chi connectivity index (χ3n) is 3.39. The predicted molar refractivity (Wildman–Crippen MR) is 82.7 cm³/mol. The summed E-state index contributed by atoms with van der Waals surface area (Å²) >= 11 is 0. The Balaban J connectivity index is 2.82. The van der Waals surface area contributed by atoms with Gasteiger partial charge < -0.3 is 9.64 Å². The number of carbonyl (C=O) groups excluding carboxylic acids is 2. The number of hydrogen-bond donors (Lipinski definition) is 0. The molecule has 116 valence electrons. The van der Waals surface area contributed by atoms with Crippen molar-refractivity contribution in [3.8, 4) is 0 Å². The third kappa shape index (κ3) is 5.21. The Morgan fingerprint density at radius 3 is 2.29 bits per heavy atom. The molecule has 4 heteroatoms. The zero-order valence-corrected chi connectivity index (χ0v) is 13.3. The maximum absolute atomic E-state index is 12.4. The molecule has 1 amide bonds. The molecule has 0 radical (unpaired) electrons. The average Bonchev–Trinajstić information content (AvgIpc) is 2.48. The summed E-state index contributed by atoms with van der Waals surface area (Å²) in [4.78, 5) is 25.7. The Kier molecular flexibility index (Phi) is 6.92. The van der Waals surface area contributed by atoms with Crippen LogP contribution in [0.1, 0.15) is 45.7 Å². The molecule has 4 nitrogen and oxygen atoms in total. The maximum atomic E-state index is 12.4. The van der Waals surface area contributed by atoms with Crippen LogP contribution in [0.4, 0.5) is 0 Å². The normalized spacial score (nSPS) is 12.0. The molecule has 0 saturated heterocycles. The summed E-state index contributed by atoms with van der Waals surface area (Å²) in [6, 6.07) is 9.79. The predicted octanol–water partition coefficient (Wildman–Crippen LogP) is 3.19. The first kappa shape index (κ1) is 17.2. The van der Waals surface area contributed by atoms with E-state index in [-0.39, 0.29) is 30.3 Å². The summed E-state index contributed by atoms with van der Waals surface area (Å²) in [7, 11) is 0. The van der Waals surface area contributed by atoms with Crippen molar-refractivity contribution in [2.75, 3.05) is 13.2 Å². The van der Waals surface area contributed by atoms with Gasteiger partial charge in [0.1, 0.15) is 0 Å². The average molecular weight is 291 g/mol. The SMILES string of the molecule is CCOC(=O)CCN(C(=O)C(C)C)C(C)c1ccccc1. The molecular formula is C17H25NO3. The van der Waals surface area contributed by atoms with Crippen LogP contribution >= 0.6 is 0 Å². The van der Waals surface area contributed by atoms with Gasteiger partial charge in [0.2, 0.25) is 5.91 Å². The molecule has 1 unspecified atom stereocenters. The highest BCUT2D eigenvalue weighted by Crippen LogP contribution is 2.22. The fourth-order valence-electron chi connectivity index (χ4n) is 2.18. The second-order valence-electron chi connectivity index (χ2n) is 5.33. The van der Waals surface area contributed by atoms with E-state index in [2.05, 4.69) is 0 Å². The van der Waals surface area contributed by atoms with E-state index in [4.69, 9.17) is 4.74 Å². The minimum Gasteiger partial charge on any atom is -0.466 e. The van der Waals surface area contributed by atoms with Gasteiger partial charge in [-0.25, -0.2) is 0 Å². The number of amides is 1. The number of nitrogens with zero attached hydrogens (tertiary/aromatic N) is 1. The van der Waals surface area contributed by atoms with Crippen LogP contribution in [0.5, 0.6) is 0 Å².